The van der Waals surface area contributed by atoms with Gasteiger partial charge in [-0.15, -0.1) is 13.2 Å². The molecule has 3 heterocycles. The third-order valence-electron chi connectivity index (χ3n) is 4.81. The first kappa shape index (κ1) is 18.5. The molecule has 1 N–H and O–H groups in total. The second-order valence-corrected chi connectivity index (χ2v) is 7.13. The Labute approximate surface area is 157 Å². The summed E-state index contributed by atoms with van der Waals surface area (Å²) in [7, 11) is 0. The summed E-state index contributed by atoms with van der Waals surface area (Å²) < 4.78 is 47.6. The fourth-order valence-electron chi connectivity index (χ4n) is 3.54. The number of benzene rings is 1. The van der Waals surface area contributed by atoms with Gasteiger partial charge in [-0.05, 0) is 32.0 Å². The van der Waals surface area contributed by atoms with Crippen LogP contribution in [0.15, 0.2) is 30.6 Å². The number of ether oxygens (including phenoxy) is 2. The molecule has 4 rings (SSSR count). The molecule has 1 amide bonds. The van der Waals surface area contributed by atoms with Crippen LogP contribution in [0.25, 0.3) is 0 Å². The molecular weight excluding hydrogens is 379 g/mol. The van der Waals surface area contributed by atoms with E-state index in [0.29, 0.717) is 5.69 Å². The highest BCUT2D eigenvalue weighted by Crippen LogP contribution is 2.46. The maximum atomic E-state index is 12.8. The second kappa shape index (κ2) is 6.06. The first-order valence-corrected chi connectivity index (χ1v) is 8.44. The number of amides is 1. The molecule has 0 saturated carbocycles. The number of carbonyl (C=O) groups excluding carboxylic acids is 1. The summed E-state index contributed by atoms with van der Waals surface area (Å²) in [6, 6.07) is 2.63. The molecule has 0 saturated heterocycles. The number of hydrogen-bond donors (Lipinski definition) is 1. The van der Waals surface area contributed by atoms with E-state index in [4.69, 9.17) is 4.74 Å². The maximum absolute atomic E-state index is 12.8. The molecular formula is C18H16F3N3O4. The monoisotopic (exact) mass is 395 g/mol. The highest BCUT2D eigenvalue weighted by atomic mass is 19.4. The summed E-state index contributed by atoms with van der Waals surface area (Å²) >= 11 is 0. The van der Waals surface area contributed by atoms with Crippen LogP contribution in [0.2, 0.25) is 0 Å². The Hall–Kier alpha value is -2.88. The fourth-order valence-corrected chi connectivity index (χ4v) is 3.54. The number of nitrogens with zero attached hydrogens (tertiary/aromatic N) is 3. The molecule has 7 nitrogen and oxygen atoms in total. The van der Waals surface area contributed by atoms with Crippen molar-refractivity contribution in [3.63, 3.8) is 0 Å². The van der Waals surface area contributed by atoms with Crippen LogP contribution in [-0.4, -0.2) is 43.9 Å². The van der Waals surface area contributed by atoms with E-state index in [1.54, 1.807) is 13.8 Å². The minimum Gasteiger partial charge on any atom is -0.485 e. The third-order valence-corrected chi connectivity index (χ3v) is 4.81. The normalized spacial score (nSPS) is 23.1. The van der Waals surface area contributed by atoms with Gasteiger partial charge in [0.05, 0.1) is 18.3 Å². The van der Waals surface area contributed by atoms with Crippen molar-refractivity contribution in [1.82, 2.24) is 14.9 Å². The number of halogens is 3. The largest absolute Gasteiger partial charge is 0.573 e. The summed E-state index contributed by atoms with van der Waals surface area (Å²) in [6.07, 6.45) is -3.25. The number of aliphatic hydroxyl groups is 1. The van der Waals surface area contributed by atoms with Gasteiger partial charge >= 0.3 is 6.36 Å². The summed E-state index contributed by atoms with van der Waals surface area (Å²) in [4.78, 5) is 22.3. The Kier molecular flexibility index (Phi) is 4.00. The standard InChI is InChI=1S/C18H16F3N3O4/c1-17(2)15(25)14(24-8-11-13(16(24)26)23-6-5-22-11)10-7-9(27-18(19,20)21)3-4-12(10)28-17/h3-7,14-15,25H,8H2,1-2H3/t14-,15+/m0/s1. The number of fused-ring (bicyclic) bond motifs is 2. The van der Waals surface area contributed by atoms with Gasteiger partial charge in [0.2, 0.25) is 0 Å². The predicted octanol–water partition coefficient (Wildman–Crippen LogP) is 2.60. The van der Waals surface area contributed by atoms with Gasteiger partial charge in [-0.25, -0.2) is 4.98 Å². The lowest BCUT2D eigenvalue weighted by Gasteiger charge is -2.45. The lowest BCUT2D eigenvalue weighted by Crippen LogP contribution is -2.53. The number of alkyl halides is 3. The molecule has 10 heteroatoms. The van der Waals surface area contributed by atoms with Gasteiger partial charge in [-0.2, -0.15) is 0 Å². The van der Waals surface area contributed by atoms with E-state index in [1.807, 2.05) is 0 Å². The Morgan fingerprint density at radius 3 is 2.68 bits per heavy atom. The van der Waals surface area contributed by atoms with Crippen molar-refractivity contribution < 1.29 is 32.5 Å². The molecule has 148 valence electrons. The van der Waals surface area contributed by atoms with Crippen LogP contribution in [0.4, 0.5) is 13.2 Å². The van der Waals surface area contributed by atoms with Crippen molar-refractivity contribution in [2.24, 2.45) is 0 Å². The first-order chi connectivity index (χ1) is 13.1. The molecule has 28 heavy (non-hydrogen) atoms. The minimum absolute atomic E-state index is 0.0730. The van der Waals surface area contributed by atoms with E-state index in [1.165, 1.54) is 23.4 Å². The number of carbonyl (C=O) groups is 1. The van der Waals surface area contributed by atoms with E-state index in [2.05, 4.69) is 14.7 Å². The van der Waals surface area contributed by atoms with Crippen molar-refractivity contribution in [3.8, 4) is 11.5 Å². The molecule has 0 radical (unpaired) electrons. The molecule has 2 aliphatic rings. The zero-order chi connectivity index (χ0) is 20.3. The Morgan fingerprint density at radius 1 is 1.29 bits per heavy atom. The SMILES string of the molecule is CC1(C)Oc2ccc(OC(F)(F)F)cc2[C@H](N2Cc3nccnc3C2=O)[C@H]1O. The van der Waals surface area contributed by atoms with E-state index < -0.39 is 35.8 Å². The molecule has 1 aromatic carbocycles. The zero-order valence-corrected chi connectivity index (χ0v) is 14.9. The van der Waals surface area contributed by atoms with Crippen LogP contribution in [0.5, 0.6) is 11.5 Å². The number of rotatable bonds is 2. The average Bonchev–Trinajstić information content (AvgIpc) is 2.92. The Bertz CT molecular complexity index is 948. The van der Waals surface area contributed by atoms with Crippen LogP contribution in [0, 0.1) is 0 Å². The molecule has 1 aromatic heterocycles. The van der Waals surface area contributed by atoms with Crippen LogP contribution in [0.1, 0.15) is 41.6 Å². The lowest BCUT2D eigenvalue weighted by atomic mass is 9.85. The summed E-state index contributed by atoms with van der Waals surface area (Å²) in [6.45, 7) is 3.35. The number of hydrogen-bond acceptors (Lipinski definition) is 6. The van der Waals surface area contributed by atoms with E-state index in [-0.39, 0.29) is 23.6 Å². The summed E-state index contributed by atoms with van der Waals surface area (Å²) in [5, 5.41) is 10.9. The molecule has 0 unspecified atom stereocenters. The highest BCUT2D eigenvalue weighted by Gasteiger charge is 2.49. The van der Waals surface area contributed by atoms with Gasteiger partial charge in [-0.3, -0.25) is 9.78 Å². The van der Waals surface area contributed by atoms with Crippen molar-refractivity contribution in [3.05, 3.63) is 47.5 Å². The van der Waals surface area contributed by atoms with E-state index in [9.17, 15) is 23.1 Å². The molecule has 0 aliphatic carbocycles. The smallest absolute Gasteiger partial charge is 0.485 e. The fraction of sp³-hybridized carbons (Fsp3) is 0.389. The lowest BCUT2D eigenvalue weighted by molar-refractivity contribution is -0.274. The van der Waals surface area contributed by atoms with Gasteiger partial charge < -0.3 is 19.5 Å². The third kappa shape index (κ3) is 3.03. The molecule has 2 aromatic rings. The number of aliphatic hydroxyl groups excluding tert-OH is 1. The van der Waals surface area contributed by atoms with Gasteiger partial charge in [0.15, 0.2) is 5.69 Å². The van der Waals surface area contributed by atoms with E-state index in [0.717, 1.165) is 12.1 Å². The molecule has 2 atom stereocenters. The molecule has 0 spiro atoms. The Balaban J connectivity index is 1.79. The van der Waals surface area contributed by atoms with Gasteiger partial charge in [0.25, 0.3) is 5.91 Å². The van der Waals surface area contributed by atoms with Crippen LogP contribution < -0.4 is 9.47 Å². The zero-order valence-electron chi connectivity index (χ0n) is 14.9. The van der Waals surface area contributed by atoms with Crippen LogP contribution in [-0.2, 0) is 6.54 Å². The first-order valence-electron chi connectivity index (χ1n) is 8.44. The quantitative estimate of drug-likeness (QED) is 0.842. The second-order valence-electron chi connectivity index (χ2n) is 7.13. The number of aromatic nitrogens is 2. The van der Waals surface area contributed by atoms with E-state index >= 15 is 0 Å². The summed E-state index contributed by atoms with van der Waals surface area (Å²) in [5.41, 5.74) is -0.272. The van der Waals surface area contributed by atoms with Crippen molar-refractivity contribution in [1.29, 1.82) is 0 Å². The predicted molar refractivity (Wildman–Crippen MR) is 88.5 cm³/mol. The van der Waals surface area contributed by atoms with Gasteiger partial charge in [0, 0.05) is 18.0 Å². The highest BCUT2D eigenvalue weighted by molar-refractivity contribution is 5.96. The molecule has 0 bridgehead atoms. The van der Waals surface area contributed by atoms with Crippen LogP contribution in [0.3, 0.4) is 0 Å². The van der Waals surface area contributed by atoms with Crippen molar-refractivity contribution in [2.75, 3.05) is 0 Å². The Morgan fingerprint density at radius 2 is 2.00 bits per heavy atom. The molecule has 2 aliphatic heterocycles. The summed E-state index contributed by atoms with van der Waals surface area (Å²) in [5.74, 6) is -0.662. The maximum Gasteiger partial charge on any atom is 0.573 e. The van der Waals surface area contributed by atoms with Crippen LogP contribution >= 0.6 is 0 Å². The average molecular weight is 395 g/mol. The molecule has 0 fully saturated rings. The van der Waals surface area contributed by atoms with Gasteiger partial charge in [0.1, 0.15) is 23.2 Å². The van der Waals surface area contributed by atoms with Gasteiger partial charge in [-0.1, -0.05) is 0 Å². The minimum atomic E-state index is -4.87. The van der Waals surface area contributed by atoms with Crippen molar-refractivity contribution in [2.45, 2.75) is 44.5 Å². The topological polar surface area (TPSA) is 84.8 Å². The van der Waals surface area contributed by atoms with Crippen molar-refractivity contribution >= 4 is 5.91 Å².